The number of hydrogen-bond donors (Lipinski definition) is 2. The Morgan fingerprint density at radius 3 is 2.67 bits per heavy atom. The molecule has 0 saturated heterocycles. The normalized spacial score (nSPS) is 11.2. The lowest BCUT2D eigenvalue weighted by molar-refractivity contribution is 0.900. The SMILES string of the molecule is Cc1ccc(-c2nn3c(-c4ccc(N)s4)nnc3[nH]c2=O)cc1C. The van der Waals surface area contributed by atoms with E-state index in [1.54, 1.807) is 6.07 Å². The molecule has 24 heavy (non-hydrogen) atoms. The van der Waals surface area contributed by atoms with E-state index in [2.05, 4.69) is 20.3 Å². The van der Waals surface area contributed by atoms with Crippen LogP contribution in [0.5, 0.6) is 0 Å². The minimum atomic E-state index is -0.296. The zero-order chi connectivity index (χ0) is 16.8. The van der Waals surface area contributed by atoms with Crippen molar-refractivity contribution in [2.24, 2.45) is 0 Å². The maximum absolute atomic E-state index is 12.4. The number of fused-ring (bicyclic) bond motifs is 1. The summed E-state index contributed by atoms with van der Waals surface area (Å²) in [5.41, 5.74) is 8.84. The standard InChI is InChI=1S/C16H14N6OS/c1-8-3-4-10(7-9(8)2)13-15(23)18-16-20-19-14(22(16)21-13)11-5-6-12(17)24-11/h3-7H,17H2,1-2H3,(H,18,20,23). The number of nitrogens with two attached hydrogens (primary N) is 1. The van der Waals surface area contributed by atoms with Crippen LogP contribution in [0, 0.1) is 13.8 Å². The Morgan fingerprint density at radius 2 is 1.96 bits per heavy atom. The average Bonchev–Trinajstić information content (AvgIpc) is 3.15. The van der Waals surface area contributed by atoms with Crippen LogP contribution >= 0.6 is 11.3 Å². The number of nitrogens with one attached hydrogen (secondary N) is 1. The van der Waals surface area contributed by atoms with Crippen LogP contribution in [-0.2, 0) is 0 Å². The number of thiophene rings is 1. The Bertz CT molecular complexity index is 1120. The van der Waals surface area contributed by atoms with E-state index in [4.69, 9.17) is 5.73 Å². The van der Waals surface area contributed by atoms with Crippen LogP contribution in [0.25, 0.3) is 27.7 Å². The maximum atomic E-state index is 12.4. The highest BCUT2D eigenvalue weighted by atomic mass is 32.1. The lowest BCUT2D eigenvalue weighted by atomic mass is 10.0. The molecule has 120 valence electrons. The van der Waals surface area contributed by atoms with Crippen LogP contribution in [0.3, 0.4) is 0 Å². The molecular weight excluding hydrogens is 324 g/mol. The van der Waals surface area contributed by atoms with E-state index >= 15 is 0 Å². The third-order valence-corrected chi connectivity index (χ3v) is 4.82. The lowest BCUT2D eigenvalue weighted by Crippen LogP contribution is -2.15. The minimum absolute atomic E-state index is 0.296. The minimum Gasteiger partial charge on any atom is -0.391 e. The summed E-state index contributed by atoms with van der Waals surface area (Å²) < 4.78 is 1.54. The lowest BCUT2D eigenvalue weighted by Gasteiger charge is -2.05. The molecule has 0 atom stereocenters. The first-order valence-electron chi connectivity index (χ1n) is 7.32. The van der Waals surface area contributed by atoms with Crippen molar-refractivity contribution in [2.75, 3.05) is 5.73 Å². The van der Waals surface area contributed by atoms with Gasteiger partial charge in [0.2, 0.25) is 0 Å². The van der Waals surface area contributed by atoms with Gasteiger partial charge in [0.1, 0.15) is 0 Å². The average molecular weight is 338 g/mol. The van der Waals surface area contributed by atoms with E-state index < -0.39 is 0 Å². The van der Waals surface area contributed by atoms with Crippen LogP contribution in [0.2, 0.25) is 0 Å². The summed E-state index contributed by atoms with van der Waals surface area (Å²) in [5, 5.41) is 13.3. The number of benzene rings is 1. The van der Waals surface area contributed by atoms with Gasteiger partial charge >= 0.3 is 0 Å². The van der Waals surface area contributed by atoms with Gasteiger partial charge in [-0.05, 0) is 43.2 Å². The number of anilines is 1. The van der Waals surface area contributed by atoms with Gasteiger partial charge in [0.15, 0.2) is 11.5 Å². The van der Waals surface area contributed by atoms with Gasteiger partial charge in [0.25, 0.3) is 11.3 Å². The second-order valence-electron chi connectivity index (χ2n) is 5.56. The van der Waals surface area contributed by atoms with Crippen molar-refractivity contribution in [1.82, 2.24) is 24.8 Å². The predicted octanol–water partition coefficient (Wildman–Crippen LogP) is 2.41. The molecule has 0 unspecified atom stereocenters. The molecule has 0 aliphatic rings. The number of hydrogen-bond acceptors (Lipinski definition) is 6. The van der Waals surface area contributed by atoms with E-state index in [0.29, 0.717) is 22.3 Å². The van der Waals surface area contributed by atoms with Crippen molar-refractivity contribution in [3.63, 3.8) is 0 Å². The van der Waals surface area contributed by atoms with Gasteiger partial charge in [-0.1, -0.05) is 12.1 Å². The van der Waals surface area contributed by atoms with Crippen LogP contribution in [0.15, 0.2) is 35.1 Å². The second-order valence-corrected chi connectivity index (χ2v) is 6.68. The van der Waals surface area contributed by atoms with Gasteiger partial charge in [-0.3, -0.25) is 9.78 Å². The van der Waals surface area contributed by atoms with Crippen molar-refractivity contribution in [3.05, 3.63) is 51.8 Å². The largest absolute Gasteiger partial charge is 0.391 e. The molecule has 3 heterocycles. The molecule has 0 aliphatic carbocycles. The zero-order valence-corrected chi connectivity index (χ0v) is 13.9. The Balaban J connectivity index is 1.95. The molecule has 3 N–H and O–H groups in total. The van der Waals surface area contributed by atoms with Crippen molar-refractivity contribution in [2.45, 2.75) is 13.8 Å². The number of nitrogen functional groups attached to an aromatic ring is 1. The fraction of sp³-hybridized carbons (Fsp3) is 0.125. The van der Waals surface area contributed by atoms with Crippen LogP contribution in [0.4, 0.5) is 5.00 Å². The number of rotatable bonds is 2. The monoisotopic (exact) mass is 338 g/mol. The molecule has 0 bridgehead atoms. The van der Waals surface area contributed by atoms with Crippen LogP contribution in [0.1, 0.15) is 11.1 Å². The molecule has 0 aliphatic heterocycles. The molecule has 0 radical (unpaired) electrons. The first kappa shape index (κ1) is 14.6. The second kappa shape index (κ2) is 5.27. The summed E-state index contributed by atoms with van der Waals surface area (Å²) in [6.07, 6.45) is 0. The Morgan fingerprint density at radius 1 is 1.12 bits per heavy atom. The van der Waals surface area contributed by atoms with E-state index in [-0.39, 0.29) is 5.56 Å². The summed E-state index contributed by atoms with van der Waals surface area (Å²) >= 11 is 1.39. The highest BCUT2D eigenvalue weighted by molar-refractivity contribution is 7.19. The third kappa shape index (κ3) is 2.28. The smallest absolute Gasteiger partial charge is 0.279 e. The molecular formula is C16H14N6OS. The van der Waals surface area contributed by atoms with Gasteiger partial charge in [0, 0.05) is 5.56 Å². The summed E-state index contributed by atoms with van der Waals surface area (Å²) in [4.78, 5) is 15.9. The van der Waals surface area contributed by atoms with E-state index in [1.165, 1.54) is 15.9 Å². The van der Waals surface area contributed by atoms with Gasteiger partial charge in [-0.2, -0.15) is 9.61 Å². The van der Waals surface area contributed by atoms with Crippen LogP contribution < -0.4 is 11.3 Å². The number of aromatic amines is 1. The van der Waals surface area contributed by atoms with Gasteiger partial charge in [-0.25, -0.2) is 0 Å². The molecule has 0 fully saturated rings. The van der Waals surface area contributed by atoms with Crippen LogP contribution in [-0.4, -0.2) is 24.8 Å². The van der Waals surface area contributed by atoms with Crippen molar-refractivity contribution >= 4 is 22.1 Å². The number of aryl methyl sites for hydroxylation is 2. The third-order valence-electron chi connectivity index (χ3n) is 3.91. The Labute approximate surface area is 140 Å². The molecule has 4 aromatic rings. The first-order valence-corrected chi connectivity index (χ1v) is 8.13. The molecule has 4 rings (SSSR count). The zero-order valence-electron chi connectivity index (χ0n) is 13.1. The molecule has 0 saturated carbocycles. The quantitative estimate of drug-likeness (QED) is 0.584. The Hall–Kier alpha value is -3.00. The summed E-state index contributed by atoms with van der Waals surface area (Å²) in [6.45, 7) is 4.03. The molecule has 3 aromatic heterocycles. The van der Waals surface area contributed by atoms with Crippen molar-refractivity contribution < 1.29 is 0 Å². The van der Waals surface area contributed by atoms with Crippen molar-refractivity contribution in [1.29, 1.82) is 0 Å². The molecule has 1 aromatic carbocycles. The molecule has 0 spiro atoms. The topological polar surface area (TPSA) is 102 Å². The van der Waals surface area contributed by atoms with Gasteiger partial charge in [-0.15, -0.1) is 21.5 Å². The summed E-state index contributed by atoms with van der Waals surface area (Å²) in [6, 6.07) is 9.48. The van der Waals surface area contributed by atoms with E-state index in [1.807, 2.05) is 38.1 Å². The number of aromatic nitrogens is 5. The maximum Gasteiger partial charge on any atom is 0.279 e. The molecule has 8 heteroatoms. The first-order chi connectivity index (χ1) is 11.5. The highest BCUT2D eigenvalue weighted by Crippen LogP contribution is 2.28. The van der Waals surface area contributed by atoms with Gasteiger partial charge in [0.05, 0.1) is 9.88 Å². The molecule has 7 nitrogen and oxygen atoms in total. The summed E-state index contributed by atoms with van der Waals surface area (Å²) in [5.74, 6) is 0.850. The number of H-pyrrole nitrogens is 1. The fourth-order valence-corrected chi connectivity index (χ4v) is 3.21. The Kier molecular flexibility index (Phi) is 3.20. The fourth-order valence-electron chi connectivity index (χ4n) is 2.46. The van der Waals surface area contributed by atoms with Gasteiger partial charge < -0.3 is 5.73 Å². The molecule has 0 amide bonds. The summed E-state index contributed by atoms with van der Waals surface area (Å²) in [7, 11) is 0. The van der Waals surface area contributed by atoms with E-state index in [0.717, 1.165) is 21.6 Å². The number of nitrogens with zero attached hydrogens (tertiary/aromatic N) is 4. The predicted molar refractivity (Wildman–Crippen MR) is 94.0 cm³/mol. The van der Waals surface area contributed by atoms with E-state index in [9.17, 15) is 4.79 Å². The highest BCUT2D eigenvalue weighted by Gasteiger charge is 2.15. The van der Waals surface area contributed by atoms with Crippen molar-refractivity contribution in [3.8, 4) is 22.0 Å².